The summed E-state index contributed by atoms with van der Waals surface area (Å²) in [5.41, 5.74) is -1.81. The zero-order valence-corrected chi connectivity index (χ0v) is 17.3. The van der Waals surface area contributed by atoms with Crippen molar-refractivity contribution in [1.29, 1.82) is 0 Å². The lowest BCUT2D eigenvalue weighted by Crippen LogP contribution is -2.03. The maximum Gasteiger partial charge on any atom is 0.336 e. The Labute approximate surface area is 189 Å². The lowest BCUT2D eigenvalue weighted by Gasteiger charge is -2.07. The molecule has 34 heavy (non-hydrogen) atoms. The van der Waals surface area contributed by atoms with Crippen LogP contribution >= 0.6 is 0 Å². The van der Waals surface area contributed by atoms with Crippen LogP contribution in [0, 0.1) is 30.3 Å². The standard InChI is InChI=1S/C22H13N3O9/c1-34-14-4-2-11(3-5-14)6-15-16-7-12(23(28)29)9-18(22(26)27)20(16)21-17(15)8-13(24(30)31)10-19(21)25(32)33/h2-10H,1H3,(H,26,27)/b15-6-. The number of carboxylic acid groups (broad SMARTS) is 1. The molecule has 0 spiro atoms. The minimum absolute atomic E-state index is 0.0229. The topological polar surface area (TPSA) is 176 Å². The van der Waals surface area contributed by atoms with Gasteiger partial charge in [0.05, 0.1) is 39.1 Å². The highest BCUT2D eigenvalue weighted by molar-refractivity contribution is 6.14. The van der Waals surface area contributed by atoms with E-state index in [9.17, 15) is 40.2 Å². The summed E-state index contributed by atoms with van der Waals surface area (Å²) >= 11 is 0. The number of nitro groups is 3. The number of fused-ring (bicyclic) bond motifs is 3. The van der Waals surface area contributed by atoms with E-state index in [2.05, 4.69) is 0 Å². The van der Waals surface area contributed by atoms with Gasteiger partial charge in [-0.3, -0.25) is 30.3 Å². The maximum atomic E-state index is 12.0. The summed E-state index contributed by atoms with van der Waals surface area (Å²) in [4.78, 5) is 44.4. The number of non-ortho nitro benzene ring substituents is 2. The van der Waals surface area contributed by atoms with Gasteiger partial charge in [0, 0.05) is 29.3 Å². The molecule has 0 radical (unpaired) electrons. The smallest absolute Gasteiger partial charge is 0.336 e. The van der Waals surface area contributed by atoms with Crippen LogP contribution < -0.4 is 4.74 Å². The van der Waals surface area contributed by atoms with E-state index in [4.69, 9.17) is 4.74 Å². The van der Waals surface area contributed by atoms with Gasteiger partial charge in [0.1, 0.15) is 5.75 Å². The molecule has 0 fully saturated rings. The Hall–Kier alpha value is -5.13. The van der Waals surface area contributed by atoms with E-state index in [0.717, 1.165) is 24.3 Å². The number of carboxylic acids is 1. The SMILES string of the molecule is COc1ccc(/C=C2/c3cc([N+](=O)[O-])cc(C(=O)O)c3-c3c2cc([N+](=O)[O-])cc3[N+](=O)[O-])cc1. The second kappa shape index (κ2) is 8.09. The predicted octanol–water partition coefficient (Wildman–Crippen LogP) is 4.69. The number of methoxy groups -OCH3 is 1. The fourth-order valence-corrected chi connectivity index (χ4v) is 3.89. The van der Waals surface area contributed by atoms with Crippen LogP contribution in [0.15, 0.2) is 48.5 Å². The van der Waals surface area contributed by atoms with Crippen LogP contribution in [0.25, 0.3) is 22.8 Å². The van der Waals surface area contributed by atoms with Crippen LogP contribution in [0.4, 0.5) is 17.1 Å². The molecule has 1 aliphatic carbocycles. The molecule has 0 aliphatic heterocycles. The molecule has 0 unspecified atom stereocenters. The fourth-order valence-electron chi connectivity index (χ4n) is 3.89. The van der Waals surface area contributed by atoms with E-state index in [1.54, 1.807) is 24.3 Å². The average molecular weight is 463 g/mol. The zero-order chi connectivity index (χ0) is 24.7. The van der Waals surface area contributed by atoms with E-state index in [1.807, 2.05) is 0 Å². The molecule has 3 aromatic rings. The molecule has 0 saturated heterocycles. The summed E-state index contributed by atoms with van der Waals surface area (Å²) in [6.07, 6.45) is 1.52. The van der Waals surface area contributed by atoms with Crippen molar-refractivity contribution in [2.75, 3.05) is 7.11 Å². The molecule has 1 aliphatic rings. The monoisotopic (exact) mass is 463 g/mol. The van der Waals surface area contributed by atoms with Gasteiger partial charge in [0.15, 0.2) is 0 Å². The predicted molar refractivity (Wildman–Crippen MR) is 119 cm³/mol. The number of nitro benzene ring substituents is 3. The molecule has 170 valence electrons. The lowest BCUT2D eigenvalue weighted by molar-refractivity contribution is -0.393. The van der Waals surface area contributed by atoms with Crippen molar-refractivity contribution >= 4 is 34.7 Å². The summed E-state index contributed by atoms with van der Waals surface area (Å²) in [5.74, 6) is -0.992. The molecular weight excluding hydrogens is 450 g/mol. The fraction of sp³-hybridized carbons (Fsp3) is 0.0455. The van der Waals surface area contributed by atoms with Crippen LogP contribution in [0.2, 0.25) is 0 Å². The Kier molecular flexibility index (Phi) is 5.25. The van der Waals surface area contributed by atoms with Crippen molar-refractivity contribution in [3.63, 3.8) is 0 Å². The number of hydrogen-bond donors (Lipinski definition) is 1. The Morgan fingerprint density at radius 2 is 1.41 bits per heavy atom. The lowest BCUT2D eigenvalue weighted by atomic mass is 9.96. The quantitative estimate of drug-likeness (QED) is 0.314. The normalized spacial score (nSPS) is 12.7. The van der Waals surface area contributed by atoms with Crippen molar-refractivity contribution in [3.05, 3.63) is 101 Å². The Morgan fingerprint density at radius 1 is 0.853 bits per heavy atom. The number of hydrogen-bond acceptors (Lipinski definition) is 8. The van der Waals surface area contributed by atoms with E-state index in [0.29, 0.717) is 11.3 Å². The highest BCUT2D eigenvalue weighted by Crippen LogP contribution is 2.53. The molecule has 1 N–H and O–H groups in total. The van der Waals surface area contributed by atoms with Gasteiger partial charge in [-0.25, -0.2) is 4.79 Å². The van der Waals surface area contributed by atoms with Gasteiger partial charge in [-0.1, -0.05) is 12.1 Å². The first-order valence-corrected chi connectivity index (χ1v) is 9.51. The third kappa shape index (κ3) is 3.58. The third-order valence-electron chi connectivity index (χ3n) is 5.33. The summed E-state index contributed by atoms with van der Waals surface area (Å²) in [6, 6.07) is 10.3. The Morgan fingerprint density at radius 3 is 1.91 bits per heavy atom. The molecule has 0 atom stereocenters. The number of aromatic carboxylic acids is 1. The highest BCUT2D eigenvalue weighted by Gasteiger charge is 2.38. The molecule has 4 rings (SSSR count). The van der Waals surface area contributed by atoms with Crippen molar-refractivity contribution in [2.45, 2.75) is 0 Å². The molecule has 0 heterocycles. The molecular formula is C22H13N3O9. The average Bonchev–Trinajstić information content (AvgIpc) is 3.11. The van der Waals surface area contributed by atoms with Gasteiger partial charge in [-0.15, -0.1) is 0 Å². The molecule has 12 nitrogen and oxygen atoms in total. The van der Waals surface area contributed by atoms with Crippen molar-refractivity contribution in [1.82, 2.24) is 0 Å². The third-order valence-corrected chi connectivity index (χ3v) is 5.33. The van der Waals surface area contributed by atoms with Gasteiger partial charge in [-0.05, 0) is 34.9 Å². The number of benzene rings is 3. The number of rotatable bonds is 6. The van der Waals surface area contributed by atoms with E-state index < -0.39 is 43.4 Å². The molecule has 12 heteroatoms. The number of nitrogens with zero attached hydrogens (tertiary/aromatic N) is 3. The Bertz CT molecular complexity index is 1360. The van der Waals surface area contributed by atoms with Gasteiger partial charge in [-0.2, -0.15) is 0 Å². The van der Waals surface area contributed by atoms with Crippen molar-refractivity contribution in [3.8, 4) is 16.9 Å². The van der Waals surface area contributed by atoms with E-state index >= 15 is 0 Å². The number of ether oxygens (including phenoxy) is 1. The minimum atomic E-state index is -1.54. The largest absolute Gasteiger partial charge is 0.497 e. The molecule has 0 bridgehead atoms. The van der Waals surface area contributed by atoms with Crippen LogP contribution in [0.3, 0.4) is 0 Å². The summed E-state index contributed by atoms with van der Waals surface area (Å²) in [7, 11) is 1.47. The first-order valence-electron chi connectivity index (χ1n) is 9.51. The van der Waals surface area contributed by atoms with Gasteiger partial charge < -0.3 is 9.84 Å². The van der Waals surface area contributed by atoms with Crippen LogP contribution in [0.1, 0.15) is 27.0 Å². The zero-order valence-electron chi connectivity index (χ0n) is 17.3. The van der Waals surface area contributed by atoms with E-state index in [1.165, 1.54) is 13.2 Å². The summed E-state index contributed by atoms with van der Waals surface area (Å²) in [5, 5.41) is 44.5. The van der Waals surface area contributed by atoms with Crippen LogP contribution in [-0.4, -0.2) is 33.0 Å². The maximum absolute atomic E-state index is 12.0. The minimum Gasteiger partial charge on any atom is -0.497 e. The van der Waals surface area contributed by atoms with Gasteiger partial charge in [0.25, 0.3) is 17.1 Å². The van der Waals surface area contributed by atoms with Gasteiger partial charge >= 0.3 is 5.97 Å². The second-order valence-electron chi connectivity index (χ2n) is 7.21. The summed E-state index contributed by atoms with van der Waals surface area (Å²) in [6.45, 7) is 0. The summed E-state index contributed by atoms with van der Waals surface area (Å²) < 4.78 is 5.11. The molecule has 0 aromatic heterocycles. The van der Waals surface area contributed by atoms with Gasteiger partial charge in [0.2, 0.25) is 0 Å². The van der Waals surface area contributed by atoms with E-state index in [-0.39, 0.29) is 27.8 Å². The number of carbonyl (C=O) groups is 1. The first-order chi connectivity index (χ1) is 16.1. The van der Waals surface area contributed by atoms with Crippen molar-refractivity contribution in [2.24, 2.45) is 0 Å². The first kappa shape index (κ1) is 22.1. The second-order valence-corrected chi connectivity index (χ2v) is 7.21. The van der Waals surface area contributed by atoms with Crippen LogP contribution in [0.5, 0.6) is 5.75 Å². The highest BCUT2D eigenvalue weighted by atomic mass is 16.6. The van der Waals surface area contributed by atoms with Crippen molar-refractivity contribution < 1.29 is 29.4 Å². The molecule has 3 aromatic carbocycles. The Balaban J connectivity index is 2.15. The molecule has 0 amide bonds. The van der Waals surface area contributed by atoms with Crippen LogP contribution in [-0.2, 0) is 0 Å². The molecule has 0 saturated carbocycles.